The Morgan fingerprint density at radius 1 is 0.966 bits per heavy atom. The van der Waals surface area contributed by atoms with Crippen molar-refractivity contribution in [1.29, 1.82) is 0 Å². The molecule has 0 aliphatic rings. The number of hydrogen-bond acceptors (Lipinski definition) is 5. The largest absolute Gasteiger partial charge is 0.468 e. The number of H-pyrrole nitrogens is 1. The number of aromatic nitrogens is 1. The van der Waals surface area contributed by atoms with Gasteiger partial charge in [0.25, 0.3) is 0 Å². The monoisotopic (exact) mass is 394 g/mol. The van der Waals surface area contributed by atoms with Crippen LogP contribution in [-0.4, -0.2) is 37.7 Å². The molecular weight excluding hydrogens is 368 g/mol. The summed E-state index contributed by atoms with van der Waals surface area (Å²) >= 11 is 0. The van der Waals surface area contributed by atoms with Crippen LogP contribution in [0.15, 0.2) is 54.6 Å². The third-order valence-corrected chi connectivity index (χ3v) is 4.96. The number of rotatable bonds is 9. The first kappa shape index (κ1) is 20.6. The van der Waals surface area contributed by atoms with E-state index in [-0.39, 0.29) is 0 Å². The second kappa shape index (κ2) is 9.89. The van der Waals surface area contributed by atoms with Gasteiger partial charge in [-0.15, -0.1) is 0 Å². The fourth-order valence-electron chi connectivity index (χ4n) is 3.52. The maximum Gasteiger partial charge on any atom is 0.326 e. The van der Waals surface area contributed by atoms with Gasteiger partial charge in [0.15, 0.2) is 5.92 Å². The lowest BCUT2D eigenvalue weighted by molar-refractivity contribution is -0.154. The highest BCUT2D eigenvalue weighted by Gasteiger charge is 2.34. The van der Waals surface area contributed by atoms with Gasteiger partial charge in [-0.25, -0.2) is 0 Å². The average molecular weight is 394 g/mol. The van der Waals surface area contributed by atoms with Gasteiger partial charge < -0.3 is 19.8 Å². The van der Waals surface area contributed by atoms with Crippen LogP contribution in [0.4, 0.5) is 0 Å². The lowest BCUT2D eigenvalue weighted by Crippen LogP contribution is -2.26. The van der Waals surface area contributed by atoms with Crippen molar-refractivity contribution in [2.24, 2.45) is 0 Å². The second-order valence-electron chi connectivity index (χ2n) is 6.81. The molecular formula is C23H26N2O4. The summed E-state index contributed by atoms with van der Waals surface area (Å²) in [5, 5.41) is 4.44. The first-order valence-corrected chi connectivity index (χ1v) is 9.65. The summed E-state index contributed by atoms with van der Waals surface area (Å²) in [6, 6.07) is 18.0. The minimum Gasteiger partial charge on any atom is -0.468 e. The third-order valence-electron chi connectivity index (χ3n) is 4.96. The normalized spacial score (nSPS) is 11.0. The zero-order valence-corrected chi connectivity index (χ0v) is 16.7. The number of ether oxygens (including phenoxy) is 2. The van der Waals surface area contributed by atoms with Crippen LogP contribution in [0, 0.1) is 0 Å². The van der Waals surface area contributed by atoms with Crippen LogP contribution in [0.5, 0.6) is 0 Å². The van der Waals surface area contributed by atoms with Crippen molar-refractivity contribution in [3.63, 3.8) is 0 Å². The molecule has 6 heteroatoms. The van der Waals surface area contributed by atoms with Crippen LogP contribution in [0.1, 0.15) is 29.2 Å². The molecule has 0 bridgehead atoms. The molecule has 0 fully saturated rings. The Hall–Kier alpha value is -3.12. The molecule has 152 valence electrons. The van der Waals surface area contributed by atoms with Crippen LogP contribution < -0.4 is 5.32 Å². The molecule has 0 aliphatic carbocycles. The summed E-state index contributed by atoms with van der Waals surface area (Å²) < 4.78 is 9.72. The SMILES string of the molecule is COC(=O)C(C(=O)OC)c1[nH]c2ccccc2c1CCCNCc1ccccc1. The van der Waals surface area contributed by atoms with Gasteiger partial charge in [-0.3, -0.25) is 9.59 Å². The van der Waals surface area contributed by atoms with Gasteiger partial charge >= 0.3 is 11.9 Å². The molecule has 3 aromatic rings. The van der Waals surface area contributed by atoms with E-state index in [2.05, 4.69) is 22.4 Å². The molecule has 6 nitrogen and oxygen atoms in total. The number of hydrogen-bond donors (Lipinski definition) is 2. The van der Waals surface area contributed by atoms with Gasteiger partial charge in [0.05, 0.1) is 14.2 Å². The van der Waals surface area contributed by atoms with Crippen molar-refractivity contribution in [3.05, 3.63) is 71.4 Å². The molecule has 1 aromatic heterocycles. The Balaban J connectivity index is 1.77. The van der Waals surface area contributed by atoms with Crippen LogP contribution in [0.3, 0.4) is 0 Å². The van der Waals surface area contributed by atoms with E-state index >= 15 is 0 Å². The first-order chi connectivity index (χ1) is 14.2. The fraction of sp³-hybridized carbons (Fsp3) is 0.304. The number of para-hydroxylation sites is 1. The topological polar surface area (TPSA) is 80.4 Å². The molecule has 0 spiro atoms. The van der Waals surface area contributed by atoms with E-state index in [9.17, 15) is 9.59 Å². The molecule has 2 N–H and O–H groups in total. The summed E-state index contributed by atoms with van der Waals surface area (Å²) in [6.45, 7) is 1.61. The van der Waals surface area contributed by atoms with Crippen molar-refractivity contribution in [2.75, 3.05) is 20.8 Å². The maximum absolute atomic E-state index is 12.3. The van der Waals surface area contributed by atoms with E-state index in [0.29, 0.717) is 12.1 Å². The zero-order chi connectivity index (χ0) is 20.6. The van der Waals surface area contributed by atoms with Gasteiger partial charge in [-0.1, -0.05) is 48.5 Å². The summed E-state index contributed by atoms with van der Waals surface area (Å²) in [7, 11) is 2.54. The van der Waals surface area contributed by atoms with Crippen LogP contribution in [0.25, 0.3) is 10.9 Å². The predicted molar refractivity (Wildman–Crippen MR) is 112 cm³/mol. The summed E-state index contributed by atoms with van der Waals surface area (Å²) in [6.07, 6.45) is 1.57. The van der Waals surface area contributed by atoms with Crippen LogP contribution in [0.2, 0.25) is 0 Å². The summed E-state index contributed by atoms with van der Waals surface area (Å²) in [5.74, 6) is -2.39. The highest BCUT2D eigenvalue weighted by molar-refractivity contribution is 6.02. The Morgan fingerprint density at radius 3 is 2.31 bits per heavy atom. The number of aryl methyl sites for hydroxylation is 1. The molecule has 29 heavy (non-hydrogen) atoms. The molecule has 0 saturated heterocycles. The van der Waals surface area contributed by atoms with Crippen molar-refractivity contribution in [2.45, 2.75) is 25.3 Å². The highest BCUT2D eigenvalue weighted by atomic mass is 16.5. The van der Waals surface area contributed by atoms with Crippen molar-refractivity contribution in [3.8, 4) is 0 Å². The molecule has 0 aliphatic heterocycles. The van der Waals surface area contributed by atoms with Gasteiger partial charge in [0.2, 0.25) is 0 Å². The third kappa shape index (κ3) is 4.84. The number of methoxy groups -OCH3 is 2. The average Bonchev–Trinajstić information content (AvgIpc) is 3.12. The number of aromatic amines is 1. The van der Waals surface area contributed by atoms with E-state index in [1.165, 1.54) is 19.8 Å². The summed E-state index contributed by atoms with van der Waals surface area (Å²) in [4.78, 5) is 27.9. The highest BCUT2D eigenvalue weighted by Crippen LogP contribution is 2.30. The minimum atomic E-state index is -1.12. The number of carbonyl (C=O) groups excluding carboxylic acids is 2. The molecule has 0 unspecified atom stereocenters. The van der Waals surface area contributed by atoms with E-state index in [0.717, 1.165) is 36.0 Å². The predicted octanol–water partition coefficient (Wildman–Crippen LogP) is 3.32. The Kier molecular flexibility index (Phi) is 7.03. The molecule has 3 rings (SSSR count). The minimum absolute atomic E-state index is 0.549. The fourth-order valence-corrected chi connectivity index (χ4v) is 3.52. The molecule has 1 heterocycles. The number of carbonyl (C=O) groups is 2. The lowest BCUT2D eigenvalue weighted by Gasteiger charge is -2.14. The Labute approximate surface area is 170 Å². The van der Waals surface area contributed by atoms with Crippen molar-refractivity contribution in [1.82, 2.24) is 10.3 Å². The van der Waals surface area contributed by atoms with Crippen LogP contribution >= 0.6 is 0 Å². The number of benzene rings is 2. The van der Waals surface area contributed by atoms with Gasteiger partial charge in [-0.2, -0.15) is 0 Å². The van der Waals surface area contributed by atoms with Gasteiger partial charge in [0.1, 0.15) is 0 Å². The number of nitrogens with one attached hydrogen (secondary N) is 2. The molecule has 0 radical (unpaired) electrons. The van der Waals surface area contributed by atoms with E-state index in [4.69, 9.17) is 9.47 Å². The lowest BCUT2D eigenvalue weighted by atomic mass is 9.97. The van der Waals surface area contributed by atoms with Gasteiger partial charge in [-0.05, 0) is 36.6 Å². The first-order valence-electron chi connectivity index (χ1n) is 9.65. The maximum atomic E-state index is 12.3. The van der Waals surface area contributed by atoms with Gasteiger partial charge in [0, 0.05) is 23.1 Å². The standard InChI is InChI=1S/C23H26N2O4/c1-28-22(26)20(23(27)29-2)21-18(17-11-6-7-13-19(17)25-21)12-8-14-24-15-16-9-4-3-5-10-16/h3-7,9-11,13,20,24-25H,8,12,14-15H2,1-2H3. The molecule has 0 atom stereocenters. The Morgan fingerprint density at radius 2 is 1.62 bits per heavy atom. The molecule has 0 saturated carbocycles. The van der Waals surface area contributed by atoms with Crippen molar-refractivity contribution >= 4 is 22.8 Å². The van der Waals surface area contributed by atoms with Crippen molar-refractivity contribution < 1.29 is 19.1 Å². The van der Waals surface area contributed by atoms with E-state index < -0.39 is 17.9 Å². The smallest absolute Gasteiger partial charge is 0.326 e. The number of esters is 2. The Bertz CT molecular complexity index is 949. The van der Waals surface area contributed by atoms with E-state index in [1.54, 1.807) is 0 Å². The molecule has 2 aromatic carbocycles. The van der Waals surface area contributed by atoms with E-state index in [1.807, 2.05) is 42.5 Å². The molecule has 0 amide bonds. The number of fused-ring (bicyclic) bond motifs is 1. The second-order valence-corrected chi connectivity index (χ2v) is 6.81. The zero-order valence-electron chi connectivity index (χ0n) is 16.7. The van der Waals surface area contributed by atoms with Crippen LogP contribution in [-0.2, 0) is 32.0 Å². The quantitative estimate of drug-likeness (QED) is 0.331. The summed E-state index contributed by atoms with van der Waals surface area (Å²) in [5.41, 5.74) is 3.61.